The smallest absolute Gasteiger partial charge is 0.251 e. The number of halogens is 1. The number of anilines is 1. The average molecular weight is 440 g/mol. The Morgan fingerprint density at radius 1 is 1.00 bits per heavy atom. The lowest BCUT2D eigenvalue weighted by molar-refractivity contribution is -0.118. The van der Waals surface area contributed by atoms with Crippen molar-refractivity contribution in [3.63, 3.8) is 0 Å². The standard InChI is InChI=1S/C26H21FN4O2/c1-16-21-22(18-11-8-12-19(27)15-18)23(28-25(32)17-9-4-2-5-10-17)26(33)29-24(21)31(30-16)20-13-6-3-7-14-20/h2-15,22-23H,1H3,(H,28,32)(H,29,33). The molecule has 7 heteroatoms. The highest BCUT2D eigenvalue weighted by Gasteiger charge is 2.42. The molecule has 0 bridgehead atoms. The number of amides is 2. The van der Waals surface area contributed by atoms with Gasteiger partial charge in [-0.25, -0.2) is 9.07 Å². The Labute approximate surface area is 190 Å². The number of nitrogens with zero attached hydrogens (tertiary/aromatic N) is 2. The van der Waals surface area contributed by atoms with E-state index < -0.39 is 23.7 Å². The molecule has 2 amide bonds. The molecule has 6 nitrogen and oxygen atoms in total. The Bertz CT molecular complexity index is 1340. The lowest BCUT2D eigenvalue weighted by Crippen LogP contribution is -2.50. The van der Waals surface area contributed by atoms with Gasteiger partial charge in [0.15, 0.2) is 0 Å². The lowest BCUT2D eigenvalue weighted by Gasteiger charge is -2.32. The normalized spacial score (nSPS) is 17.2. The van der Waals surface area contributed by atoms with E-state index in [0.717, 1.165) is 11.3 Å². The third-order valence-electron chi connectivity index (χ3n) is 5.81. The number of aryl methyl sites for hydroxylation is 1. The van der Waals surface area contributed by atoms with Gasteiger partial charge in [0.1, 0.15) is 17.7 Å². The SMILES string of the molecule is Cc1nn(-c2ccccc2)c2c1C(c1cccc(F)c1)C(NC(=O)c1ccccc1)C(=O)N2. The van der Waals surface area contributed by atoms with Crippen LogP contribution >= 0.6 is 0 Å². The van der Waals surface area contributed by atoms with Gasteiger partial charge in [-0.2, -0.15) is 5.10 Å². The monoisotopic (exact) mass is 440 g/mol. The van der Waals surface area contributed by atoms with Gasteiger partial charge in [-0.3, -0.25) is 9.59 Å². The molecule has 1 aromatic heterocycles. The Morgan fingerprint density at radius 3 is 2.39 bits per heavy atom. The summed E-state index contributed by atoms with van der Waals surface area (Å²) in [7, 11) is 0. The van der Waals surface area contributed by atoms with Gasteiger partial charge in [-0.15, -0.1) is 0 Å². The van der Waals surface area contributed by atoms with E-state index in [9.17, 15) is 14.0 Å². The summed E-state index contributed by atoms with van der Waals surface area (Å²) in [5, 5.41) is 10.4. The highest BCUT2D eigenvalue weighted by Crippen LogP contribution is 2.40. The lowest BCUT2D eigenvalue weighted by atomic mass is 9.81. The summed E-state index contributed by atoms with van der Waals surface area (Å²) < 4.78 is 15.9. The molecule has 1 aliphatic rings. The second-order valence-electron chi connectivity index (χ2n) is 7.93. The average Bonchev–Trinajstić information content (AvgIpc) is 3.16. The predicted octanol–water partition coefficient (Wildman–Crippen LogP) is 4.20. The van der Waals surface area contributed by atoms with E-state index >= 15 is 0 Å². The fourth-order valence-electron chi connectivity index (χ4n) is 4.32. The van der Waals surface area contributed by atoms with Gasteiger partial charge in [-0.1, -0.05) is 48.5 Å². The summed E-state index contributed by atoms with van der Waals surface area (Å²) in [6.45, 7) is 1.85. The topological polar surface area (TPSA) is 76.0 Å². The first-order valence-corrected chi connectivity index (χ1v) is 10.6. The molecule has 3 aromatic carbocycles. The number of carbonyl (C=O) groups is 2. The summed E-state index contributed by atoms with van der Waals surface area (Å²) in [6.07, 6.45) is 0. The third-order valence-corrected chi connectivity index (χ3v) is 5.81. The molecule has 2 unspecified atom stereocenters. The van der Waals surface area contributed by atoms with Crippen LogP contribution in [0.2, 0.25) is 0 Å². The largest absolute Gasteiger partial charge is 0.339 e. The van der Waals surface area contributed by atoms with Gasteiger partial charge in [-0.05, 0) is 48.9 Å². The van der Waals surface area contributed by atoms with Gasteiger partial charge >= 0.3 is 0 Å². The molecule has 4 aromatic rings. The molecule has 0 spiro atoms. The van der Waals surface area contributed by atoms with E-state index in [-0.39, 0.29) is 5.91 Å². The Morgan fingerprint density at radius 2 is 1.70 bits per heavy atom. The summed E-state index contributed by atoms with van der Waals surface area (Å²) in [5.74, 6) is -1.29. The molecule has 0 aliphatic carbocycles. The number of rotatable bonds is 4. The van der Waals surface area contributed by atoms with Crippen LogP contribution in [0, 0.1) is 12.7 Å². The van der Waals surface area contributed by atoms with Crippen LogP contribution in [0.5, 0.6) is 0 Å². The zero-order valence-corrected chi connectivity index (χ0v) is 17.8. The van der Waals surface area contributed by atoms with Crippen molar-refractivity contribution in [2.75, 3.05) is 5.32 Å². The van der Waals surface area contributed by atoms with Gasteiger partial charge in [0.2, 0.25) is 5.91 Å². The van der Waals surface area contributed by atoms with Crippen molar-refractivity contribution in [1.82, 2.24) is 15.1 Å². The number of benzene rings is 3. The first kappa shape index (κ1) is 20.6. The second kappa shape index (κ2) is 8.35. The number of para-hydroxylation sites is 1. The summed E-state index contributed by atoms with van der Waals surface area (Å²) >= 11 is 0. The maximum absolute atomic E-state index is 14.2. The van der Waals surface area contributed by atoms with Crippen LogP contribution in [0.25, 0.3) is 5.69 Å². The zero-order valence-electron chi connectivity index (χ0n) is 17.8. The van der Waals surface area contributed by atoms with E-state index in [1.165, 1.54) is 12.1 Å². The number of carbonyl (C=O) groups excluding carboxylic acids is 2. The molecular weight excluding hydrogens is 419 g/mol. The predicted molar refractivity (Wildman–Crippen MR) is 123 cm³/mol. The van der Waals surface area contributed by atoms with Crippen molar-refractivity contribution >= 4 is 17.6 Å². The molecular formula is C26H21FN4O2. The quantitative estimate of drug-likeness (QED) is 0.499. The number of nitrogens with one attached hydrogen (secondary N) is 2. The van der Waals surface area contributed by atoms with Crippen LogP contribution in [0.3, 0.4) is 0 Å². The van der Waals surface area contributed by atoms with Crippen molar-refractivity contribution in [2.24, 2.45) is 0 Å². The minimum Gasteiger partial charge on any atom is -0.339 e. The van der Waals surface area contributed by atoms with E-state index in [2.05, 4.69) is 15.7 Å². The fourth-order valence-corrected chi connectivity index (χ4v) is 4.32. The molecule has 0 fully saturated rings. The van der Waals surface area contributed by atoms with Crippen LogP contribution < -0.4 is 10.6 Å². The first-order chi connectivity index (χ1) is 16.0. The Hall–Kier alpha value is -4.26. The molecule has 33 heavy (non-hydrogen) atoms. The molecule has 2 atom stereocenters. The van der Waals surface area contributed by atoms with E-state index in [4.69, 9.17) is 0 Å². The van der Waals surface area contributed by atoms with Crippen LogP contribution in [-0.2, 0) is 4.79 Å². The second-order valence-corrected chi connectivity index (χ2v) is 7.93. The van der Waals surface area contributed by atoms with E-state index in [0.29, 0.717) is 22.6 Å². The number of hydrogen-bond acceptors (Lipinski definition) is 3. The molecule has 0 radical (unpaired) electrons. The van der Waals surface area contributed by atoms with Crippen LogP contribution in [0.15, 0.2) is 84.9 Å². The van der Waals surface area contributed by atoms with Crippen LogP contribution in [0.1, 0.15) is 33.1 Å². The molecule has 1 aliphatic heterocycles. The molecule has 5 rings (SSSR count). The van der Waals surface area contributed by atoms with Crippen molar-refractivity contribution in [1.29, 1.82) is 0 Å². The van der Waals surface area contributed by atoms with Crippen molar-refractivity contribution in [2.45, 2.75) is 18.9 Å². The van der Waals surface area contributed by atoms with Gasteiger partial charge in [0, 0.05) is 17.0 Å². The maximum atomic E-state index is 14.2. The summed E-state index contributed by atoms with van der Waals surface area (Å²) in [5.41, 5.74) is 3.22. The summed E-state index contributed by atoms with van der Waals surface area (Å²) in [6, 6.07) is 23.3. The van der Waals surface area contributed by atoms with Crippen molar-refractivity contribution in [3.05, 3.63) is 113 Å². The number of fused-ring (bicyclic) bond motifs is 1. The van der Waals surface area contributed by atoms with Crippen LogP contribution in [0.4, 0.5) is 10.2 Å². The number of hydrogen-bond donors (Lipinski definition) is 2. The molecule has 0 saturated heterocycles. The zero-order chi connectivity index (χ0) is 22.9. The minimum atomic E-state index is -0.945. The molecule has 2 heterocycles. The molecule has 164 valence electrons. The maximum Gasteiger partial charge on any atom is 0.251 e. The van der Waals surface area contributed by atoms with Crippen molar-refractivity contribution < 1.29 is 14.0 Å². The third kappa shape index (κ3) is 3.78. The Kier molecular flexibility index (Phi) is 5.22. The number of aromatic nitrogens is 2. The minimum absolute atomic E-state index is 0.381. The van der Waals surface area contributed by atoms with Gasteiger partial charge in [0.25, 0.3) is 5.91 Å². The summed E-state index contributed by atoms with van der Waals surface area (Å²) in [4.78, 5) is 26.3. The van der Waals surface area contributed by atoms with Gasteiger partial charge in [0.05, 0.1) is 11.4 Å². The van der Waals surface area contributed by atoms with Crippen molar-refractivity contribution in [3.8, 4) is 5.69 Å². The molecule has 0 saturated carbocycles. The van der Waals surface area contributed by atoms with Crippen LogP contribution in [-0.4, -0.2) is 27.6 Å². The first-order valence-electron chi connectivity index (χ1n) is 10.6. The van der Waals surface area contributed by atoms with E-state index in [1.54, 1.807) is 41.1 Å². The highest BCUT2D eigenvalue weighted by molar-refractivity contribution is 6.04. The Balaban J connectivity index is 1.64. The van der Waals surface area contributed by atoms with E-state index in [1.807, 2.05) is 43.3 Å². The fraction of sp³-hybridized carbons (Fsp3) is 0.115. The molecule has 2 N–H and O–H groups in total. The highest BCUT2D eigenvalue weighted by atomic mass is 19.1. The van der Waals surface area contributed by atoms with Gasteiger partial charge < -0.3 is 10.6 Å².